The summed E-state index contributed by atoms with van der Waals surface area (Å²) in [6.45, 7) is 0. The van der Waals surface area contributed by atoms with E-state index in [0.29, 0.717) is 9.46 Å². The Kier molecular flexibility index (Phi) is 2.28. The highest BCUT2D eigenvalue weighted by Crippen LogP contribution is 2.20. The zero-order chi connectivity index (χ0) is 12.9. The van der Waals surface area contributed by atoms with Crippen molar-refractivity contribution in [2.75, 3.05) is 5.73 Å². The third-order valence-corrected chi connectivity index (χ3v) is 3.57. The Labute approximate surface area is 110 Å². The average Bonchev–Trinajstić information content (AvgIpc) is 2.35. The summed E-state index contributed by atoms with van der Waals surface area (Å²) < 4.78 is 1.42. The molecular weight excluding hydrogens is 272 g/mol. The predicted molar refractivity (Wildman–Crippen MR) is 70.3 cm³/mol. The van der Waals surface area contributed by atoms with Crippen LogP contribution < -0.4 is 15.2 Å². The molecule has 6 nitrogen and oxygen atoms in total. The van der Waals surface area contributed by atoms with E-state index in [1.165, 1.54) is 0 Å². The molecule has 8 heteroatoms. The molecule has 1 aromatic carbocycles. The summed E-state index contributed by atoms with van der Waals surface area (Å²) in [7, 11) is 0. The van der Waals surface area contributed by atoms with Crippen LogP contribution in [0.15, 0.2) is 24.3 Å². The summed E-state index contributed by atoms with van der Waals surface area (Å²) in [5.74, 6) is 0. The molecule has 3 aromatic rings. The fourth-order valence-electron chi connectivity index (χ4n) is 1.79. The second kappa shape index (κ2) is 3.72. The minimum absolute atomic E-state index is 0.0510. The Balaban J connectivity index is 2.71. The highest BCUT2D eigenvalue weighted by Gasteiger charge is 2.24. The van der Waals surface area contributed by atoms with Crippen molar-refractivity contribution in [2.24, 2.45) is 0 Å². The molecule has 0 spiro atoms. The first-order valence-electron chi connectivity index (χ1n) is 4.94. The molecule has 0 saturated heterocycles. The third-order valence-electron chi connectivity index (χ3n) is 2.55. The molecular formula is C10H6N4O2S2. The lowest BCUT2D eigenvalue weighted by Crippen LogP contribution is -2.40. The first-order chi connectivity index (χ1) is 8.59. The number of hydrogen-bond donors (Lipinski definition) is 1. The van der Waals surface area contributed by atoms with Gasteiger partial charge in [0.25, 0.3) is 9.47 Å². The molecule has 0 bridgehead atoms. The first kappa shape index (κ1) is 11.1. The smallest absolute Gasteiger partial charge is 0.406 e. The second-order valence-corrected chi connectivity index (χ2v) is 5.27. The molecule has 0 aliphatic carbocycles. The maximum Gasteiger partial charge on any atom is 0.406 e. The van der Waals surface area contributed by atoms with Gasteiger partial charge in [-0.05, 0) is 23.3 Å². The topological polar surface area (TPSA) is 92.8 Å². The monoisotopic (exact) mass is 278 g/mol. The van der Waals surface area contributed by atoms with Crippen LogP contribution in [0.1, 0.15) is 0 Å². The molecule has 0 unspecified atom stereocenters. The van der Waals surface area contributed by atoms with E-state index in [9.17, 15) is 10.4 Å². The molecule has 2 N–H and O–H groups in total. The minimum Gasteiger partial charge on any atom is -0.710 e. The van der Waals surface area contributed by atoms with E-state index in [4.69, 9.17) is 18.0 Å². The van der Waals surface area contributed by atoms with Gasteiger partial charge in [0.15, 0.2) is 5.00 Å². The number of nitrogen functional groups attached to an aromatic ring is 1. The SMILES string of the molecule is Nc1sc(=S)nc2c1[n+]([O-])c1ccccc1[n+]2[O-]. The van der Waals surface area contributed by atoms with Gasteiger partial charge in [0.2, 0.25) is 5.52 Å². The van der Waals surface area contributed by atoms with E-state index >= 15 is 0 Å². The summed E-state index contributed by atoms with van der Waals surface area (Å²) in [5.41, 5.74) is 6.25. The number of anilines is 1. The maximum atomic E-state index is 12.2. The number of hydrogen-bond acceptors (Lipinski definition) is 6. The number of benzene rings is 1. The Morgan fingerprint density at radius 1 is 1.17 bits per heavy atom. The van der Waals surface area contributed by atoms with Gasteiger partial charge in [-0.1, -0.05) is 23.5 Å². The number of aromatic nitrogens is 3. The molecule has 0 fully saturated rings. The van der Waals surface area contributed by atoms with Crippen LogP contribution in [0.2, 0.25) is 0 Å². The van der Waals surface area contributed by atoms with Crippen LogP contribution in [0.25, 0.3) is 22.2 Å². The van der Waals surface area contributed by atoms with Crippen molar-refractivity contribution >= 4 is 50.8 Å². The summed E-state index contributed by atoms with van der Waals surface area (Å²) in [5, 5.41) is 24.5. The van der Waals surface area contributed by atoms with Crippen molar-refractivity contribution in [3.63, 3.8) is 0 Å². The molecule has 18 heavy (non-hydrogen) atoms. The minimum atomic E-state index is -0.0510. The Bertz CT molecular complexity index is 847. The van der Waals surface area contributed by atoms with Crippen LogP contribution in [0.3, 0.4) is 0 Å². The number of rotatable bonds is 0. The van der Waals surface area contributed by atoms with Crippen LogP contribution in [0.5, 0.6) is 0 Å². The molecule has 2 heterocycles. The van der Waals surface area contributed by atoms with Gasteiger partial charge in [0.1, 0.15) is 0 Å². The average molecular weight is 278 g/mol. The van der Waals surface area contributed by atoms with Gasteiger partial charge >= 0.3 is 11.2 Å². The van der Waals surface area contributed by atoms with Crippen molar-refractivity contribution in [1.82, 2.24) is 4.98 Å². The van der Waals surface area contributed by atoms with Gasteiger partial charge < -0.3 is 16.1 Å². The van der Waals surface area contributed by atoms with Crippen molar-refractivity contribution in [3.8, 4) is 0 Å². The fourth-order valence-corrected chi connectivity index (χ4v) is 2.74. The lowest BCUT2D eigenvalue weighted by molar-refractivity contribution is -0.592. The molecule has 0 amide bonds. The number of fused-ring (bicyclic) bond motifs is 2. The number of nitrogens with two attached hydrogens (primary N) is 1. The second-order valence-electron chi connectivity index (χ2n) is 3.59. The number of para-hydroxylation sites is 2. The van der Waals surface area contributed by atoms with Gasteiger partial charge in [-0.2, -0.15) is 4.73 Å². The van der Waals surface area contributed by atoms with Gasteiger partial charge in [-0.25, -0.2) is 4.73 Å². The standard InChI is InChI=1S/C10H6N4O2S2/c11-8-7-9(12-10(17)18-8)14(16)6-4-2-1-3-5(6)13(7)15/h1-4H,11H2. The van der Waals surface area contributed by atoms with Crippen LogP contribution in [0, 0.1) is 14.4 Å². The summed E-state index contributed by atoms with van der Waals surface area (Å²) in [6.07, 6.45) is 0. The highest BCUT2D eigenvalue weighted by molar-refractivity contribution is 7.73. The van der Waals surface area contributed by atoms with Gasteiger partial charge in [0, 0.05) is 6.07 Å². The lowest BCUT2D eigenvalue weighted by atomic mass is 10.3. The molecule has 90 valence electrons. The molecule has 3 rings (SSSR count). The van der Waals surface area contributed by atoms with E-state index in [2.05, 4.69) is 4.98 Å². The van der Waals surface area contributed by atoms with Gasteiger partial charge in [-0.15, -0.1) is 0 Å². The van der Waals surface area contributed by atoms with Gasteiger partial charge in [-0.3, -0.25) is 0 Å². The summed E-state index contributed by atoms with van der Waals surface area (Å²) in [4.78, 5) is 3.93. The van der Waals surface area contributed by atoms with Crippen molar-refractivity contribution in [2.45, 2.75) is 0 Å². The quantitative estimate of drug-likeness (QED) is 0.287. The maximum absolute atomic E-state index is 12.2. The van der Waals surface area contributed by atoms with Crippen molar-refractivity contribution in [3.05, 3.63) is 38.6 Å². The van der Waals surface area contributed by atoms with Gasteiger partial charge in [0.05, 0.1) is 0 Å². The highest BCUT2D eigenvalue weighted by atomic mass is 32.1. The van der Waals surface area contributed by atoms with Crippen molar-refractivity contribution in [1.29, 1.82) is 0 Å². The fraction of sp³-hybridized carbons (Fsp3) is 0. The van der Waals surface area contributed by atoms with E-state index < -0.39 is 0 Å². The zero-order valence-electron chi connectivity index (χ0n) is 8.86. The summed E-state index contributed by atoms with van der Waals surface area (Å²) >= 11 is 5.92. The van der Waals surface area contributed by atoms with Crippen LogP contribution in [-0.4, -0.2) is 4.98 Å². The van der Waals surface area contributed by atoms with E-state index in [-0.39, 0.29) is 31.2 Å². The molecule has 0 radical (unpaired) electrons. The van der Waals surface area contributed by atoms with E-state index in [0.717, 1.165) is 11.3 Å². The molecule has 0 aliphatic rings. The van der Waals surface area contributed by atoms with Crippen LogP contribution in [-0.2, 0) is 0 Å². The zero-order valence-corrected chi connectivity index (χ0v) is 10.5. The van der Waals surface area contributed by atoms with E-state index in [1.807, 2.05) is 0 Å². The Morgan fingerprint density at radius 2 is 1.78 bits per heavy atom. The number of nitrogens with zero attached hydrogens (tertiary/aromatic N) is 3. The van der Waals surface area contributed by atoms with Crippen LogP contribution in [0.4, 0.5) is 5.00 Å². The first-order valence-corrected chi connectivity index (χ1v) is 6.16. The third kappa shape index (κ3) is 1.39. The Morgan fingerprint density at radius 3 is 2.44 bits per heavy atom. The molecule has 0 aliphatic heterocycles. The normalized spacial score (nSPS) is 11.1. The van der Waals surface area contributed by atoms with Crippen LogP contribution >= 0.6 is 23.6 Å². The molecule has 2 aromatic heterocycles. The molecule has 0 atom stereocenters. The molecule has 0 saturated carbocycles. The largest absolute Gasteiger partial charge is 0.710 e. The van der Waals surface area contributed by atoms with Crippen molar-refractivity contribution < 1.29 is 9.46 Å². The predicted octanol–water partition coefficient (Wildman–Crippen LogP) is 1.03. The Hall–Kier alpha value is -2.06. The van der Waals surface area contributed by atoms with E-state index in [1.54, 1.807) is 24.3 Å². The lowest BCUT2D eigenvalue weighted by Gasteiger charge is -2.09. The summed E-state index contributed by atoms with van der Waals surface area (Å²) in [6, 6.07) is 6.46.